The van der Waals surface area contributed by atoms with E-state index >= 15 is 0 Å². The Labute approximate surface area is 201 Å². The summed E-state index contributed by atoms with van der Waals surface area (Å²) in [6, 6.07) is 18.7. The van der Waals surface area contributed by atoms with Crippen LogP contribution in [0.3, 0.4) is 0 Å². The van der Waals surface area contributed by atoms with Gasteiger partial charge in [-0.05, 0) is 53.6 Å². The Morgan fingerprint density at radius 1 is 1.00 bits per heavy atom. The molecular formula is C23H20Cl2N2O5S. The summed E-state index contributed by atoms with van der Waals surface area (Å²) in [5.41, 5.74) is 2.27. The standard InChI is InChI=1S/C23H20Cl2N2O5S/c24-14-33(29,30)27(13-18-3-1-2-4-20(18)25)19-8-6-17(7-9-19)23(28)26-12-16-5-10-21-22(11-16)32-15-31-21/h1-11H,12-15H2,(H,26,28). The number of hydrogen-bond acceptors (Lipinski definition) is 5. The molecule has 0 bridgehead atoms. The first-order valence-corrected chi connectivity index (χ1v) is 12.5. The van der Waals surface area contributed by atoms with Gasteiger partial charge >= 0.3 is 0 Å². The van der Waals surface area contributed by atoms with Gasteiger partial charge in [-0.1, -0.05) is 35.9 Å². The first-order valence-electron chi connectivity index (χ1n) is 9.94. The van der Waals surface area contributed by atoms with Crippen molar-refractivity contribution in [2.45, 2.75) is 13.1 Å². The van der Waals surface area contributed by atoms with Crippen LogP contribution < -0.4 is 19.1 Å². The lowest BCUT2D eigenvalue weighted by Crippen LogP contribution is -2.31. The number of amides is 1. The number of benzene rings is 3. The molecule has 1 N–H and O–H groups in total. The first kappa shape index (κ1) is 23.2. The number of carbonyl (C=O) groups is 1. The van der Waals surface area contributed by atoms with Crippen molar-refractivity contribution >= 4 is 44.8 Å². The largest absolute Gasteiger partial charge is 0.454 e. The van der Waals surface area contributed by atoms with Crippen LogP contribution in [0, 0.1) is 0 Å². The number of ether oxygens (including phenoxy) is 2. The molecule has 1 aliphatic heterocycles. The SMILES string of the molecule is O=C(NCc1ccc2c(c1)OCO2)c1ccc(N(Cc2ccccc2Cl)S(=O)(=O)CCl)cc1. The second-order valence-electron chi connectivity index (χ2n) is 7.24. The monoisotopic (exact) mass is 506 g/mol. The zero-order valence-electron chi connectivity index (χ0n) is 17.3. The van der Waals surface area contributed by atoms with E-state index in [4.69, 9.17) is 32.7 Å². The fourth-order valence-electron chi connectivity index (χ4n) is 3.30. The number of nitrogens with zero attached hydrogens (tertiary/aromatic N) is 1. The molecule has 1 amide bonds. The maximum absolute atomic E-state index is 12.6. The summed E-state index contributed by atoms with van der Waals surface area (Å²) in [4.78, 5) is 12.6. The predicted molar refractivity (Wildman–Crippen MR) is 127 cm³/mol. The summed E-state index contributed by atoms with van der Waals surface area (Å²) < 4.78 is 37.1. The van der Waals surface area contributed by atoms with Crippen LogP contribution in [-0.2, 0) is 23.1 Å². The number of hydrogen-bond donors (Lipinski definition) is 1. The molecule has 0 atom stereocenters. The zero-order chi connectivity index (χ0) is 23.4. The average molecular weight is 507 g/mol. The van der Waals surface area contributed by atoms with E-state index in [1.165, 1.54) is 4.31 Å². The van der Waals surface area contributed by atoms with Crippen LogP contribution >= 0.6 is 23.2 Å². The highest BCUT2D eigenvalue weighted by Crippen LogP contribution is 2.32. The van der Waals surface area contributed by atoms with Gasteiger partial charge < -0.3 is 14.8 Å². The Morgan fingerprint density at radius 2 is 1.73 bits per heavy atom. The summed E-state index contributed by atoms with van der Waals surface area (Å²) in [5, 5.41) is 2.70. The average Bonchev–Trinajstić information content (AvgIpc) is 3.30. The minimum Gasteiger partial charge on any atom is -0.454 e. The number of carbonyl (C=O) groups excluding carboxylic acids is 1. The molecule has 0 saturated carbocycles. The lowest BCUT2D eigenvalue weighted by atomic mass is 10.1. The van der Waals surface area contributed by atoms with Crippen molar-refractivity contribution in [1.82, 2.24) is 5.32 Å². The van der Waals surface area contributed by atoms with Crippen molar-refractivity contribution in [2.75, 3.05) is 16.3 Å². The van der Waals surface area contributed by atoms with E-state index in [-0.39, 0.29) is 19.2 Å². The van der Waals surface area contributed by atoms with Crippen LogP contribution in [0.4, 0.5) is 5.69 Å². The highest BCUT2D eigenvalue weighted by molar-refractivity contribution is 7.93. The number of nitrogens with one attached hydrogen (secondary N) is 1. The maximum atomic E-state index is 12.6. The minimum absolute atomic E-state index is 0.0182. The molecule has 0 radical (unpaired) electrons. The van der Waals surface area contributed by atoms with Crippen LogP contribution in [0.2, 0.25) is 5.02 Å². The fraction of sp³-hybridized carbons (Fsp3) is 0.174. The number of alkyl halides is 1. The van der Waals surface area contributed by atoms with Crippen LogP contribution in [0.25, 0.3) is 0 Å². The van der Waals surface area contributed by atoms with Crippen LogP contribution in [-0.4, -0.2) is 26.3 Å². The van der Waals surface area contributed by atoms with Crippen LogP contribution in [0.15, 0.2) is 66.7 Å². The normalized spacial score (nSPS) is 12.4. The van der Waals surface area contributed by atoms with Crippen molar-refractivity contribution in [3.63, 3.8) is 0 Å². The number of anilines is 1. The van der Waals surface area contributed by atoms with Crippen molar-refractivity contribution in [3.05, 3.63) is 88.4 Å². The van der Waals surface area contributed by atoms with E-state index in [0.717, 1.165) is 5.56 Å². The van der Waals surface area contributed by atoms with Gasteiger partial charge in [0, 0.05) is 17.1 Å². The highest BCUT2D eigenvalue weighted by atomic mass is 35.5. The molecule has 33 heavy (non-hydrogen) atoms. The second kappa shape index (κ2) is 9.91. The van der Waals surface area contributed by atoms with Gasteiger partial charge in [-0.3, -0.25) is 9.10 Å². The Kier molecular flexibility index (Phi) is 6.97. The summed E-state index contributed by atoms with van der Waals surface area (Å²) in [5.74, 6) is 1.02. The van der Waals surface area contributed by atoms with Crippen LogP contribution in [0.5, 0.6) is 11.5 Å². The molecule has 7 nitrogen and oxygen atoms in total. The first-order chi connectivity index (χ1) is 15.9. The molecular weight excluding hydrogens is 487 g/mol. The van der Waals surface area contributed by atoms with Gasteiger partial charge in [0.25, 0.3) is 5.91 Å². The summed E-state index contributed by atoms with van der Waals surface area (Å²) >= 11 is 11.9. The number of halogens is 2. The summed E-state index contributed by atoms with van der Waals surface area (Å²) in [6.07, 6.45) is 0. The van der Waals surface area contributed by atoms with Crippen molar-refractivity contribution in [1.29, 1.82) is 0 Å². The number of rotatable bonds is 8. The van der Waals surface area contributed by atoms with E-state index < -0.39 is 15.2 Å². The van der Waals surface area contributed by atoms with Crippen molar-refractivity contribution < 1.29 is 22.7 Å². The molecule has 1 aliphatic rings. The zero-order valence-corrected chi connectivity index (χ0v) is 19.7. The van der Waals surface area contributed by atoms with E-state index in [9.17, 15) is 13.2 Å². The molecule has 0 aliphatic carbocycles. The fourth-order valence-corrected chi connectivity index (χ4v) is 4.75. The van der Waals surface area contributed by atoms with Gasteiger partial charge in [-0.15, -0.1) is 11.6 Å². The third-order valence-electron chi connectivity index (χ3n) is 5.05. The predicted octanol–water partition coefficient (Wildman–Crippen LogP) is 4.53. The molecule has 0 unspecified atom stereocenters. The van der Waals surface area contributed by atoms with E-state index in [1.807, 2.05) is 12.1 Å². The lowest BCUT2D eigenvalue weighted by molar-refractivity contribution is 0.0951. The molecule has 0 fully saturated rings. The Hall–Kier alpha value is -2.94. The molecule has 3 aromatic rings. The van der Waals surface area contributed by atoms with Gasteiger partial charge in [0.15, 0.2) is 11.5 Å². The molecule has 0 aromatic heterocycles. The van der Waals surface area contributed by atoms with Gasteiger partial charge in [0.2, 0.25) is 16.8 Å². The van der Waals surface area contributed by atoms with Crippen LogP contribution in [0.1, 0.15) is 21.5 Å². The Bertz CT molecular complexity index is 1270. The van der Waals surface area contributed by atoms with Gasteiger partial charge in [0.05, 0.1) is 12.2 Å². The summed E-state index contributed by atoms with van der Waals surface area (Å²) in [7, 11) is -3.80. The minimum atomic E-state index is -3.80. The third kappa shape index (κ3) is 5.35. The molecule has 172 valence electrons. The lowest BCUT2D eigenvalue weighted by Gasteiger charge is -2.24. The number of sulfonamides is 1. The van der Waals surface area contributed by atoms with E-state index in [2.05, 4.69) is 5.32 Å². The molecule has 0 spiro atoms. The van der Waals surface area contributed by atoms with E-state index in [1.54, 1.807) is 54.6 Å². The van der Waals surface area contributed by atoms with Crippen molar-refractivity contribution in [3.8, 4) is 11.5 Å². The molecule has 4 rings (SSSR count). The maximum Gasteiger partial charge on any atom is 0.251 e. The third-order valence-corrected chi connectivity index (χ3v) is 7.54. The quantitative estimate of drug-likeness (QED) is 0.453. The van der Waals surface area contributed by atoms with E-state index in [0.29, 0.717) is 39.9 Å². The molecule has 0 saturated heterocycles. The highest BCUT2D eigenvalue weighted by Gasteiger charge is 2.23. The number of fused-ring (bicyclic) bond motifs is 1. The van der Waals surface area contributed by atoms with Gasteiger partial charge in [-0.2, -0.15) is 0 Å². The Balaban J connectivity index is 1.47. The van der Waals surface area contributed by atoms with Gasteiger partial charge in [0.1, 0.15) is 5.21 Å². The molecule has 1 heterocycles. The second-order valence-corrected chi connectivity index (χ2v) is 10.1. The topological polar surface area (TPSA) is 84.9 Å². The van der Waals surface area contributed by atoms with Crippen molar-refractivity contribution in [2.24, 2.45) is 0 Å². The Morgan fingerprint density at radius 3 is 2.45 bits per heavy atom. The smallest absolute Gasteiger partial charge is 0.251 e. The van der Waals surface area contributed by atoms with Gasteiger partial charge in [-0.25, -0.2) is 8.42 Å². The molecule has 10 heteroatoms. The molecule has 3 aromatic carbocycles. The summed E-state index contributed by atoms with van der Waals surface area (Å²) in [6.45, 7) is 0.505.